The average molecular weight is 443 g/mol. The molecule has 3 heterocycles. The maximum atomic E-state index is 12.8. The molecule has 158 valence electrons. The van der Waals surface area contributed by atoms with Gasteiger partial charge in [-0.05, 0) is 42.8 Å². The zero-order chi connectivity index (χ0) is 22.2. The van der Waals surface area contributed by atoms with Gasteiger partial charge in [-0.2, -0.15) is 0 Å². The Balaban J connectivity index is 1.35. The lowest BCUT2D eigenvalue weighted by Gasteiger charge is -2.11. The van der Waals surface area contributed by atoms with E-state index in [0.29, 0.717) is 10.9 Å². The first-order valence-electron chi connectivity index (χ1n) is 9.87. The number of imide groups is 1. The molecule has 1 aliphatic rings. The summed E-state index contributed by atoms with van der Waals surface area (Å²) in [5, 5.41) is 5.11. The fraction of sp³-hybridized carbons (Fsp3) is 0.0833. The summed E-state index contributed by atoms with van der Waals surface area (Å²) in [6, 6.07) is 15.8. The number of aryl methyl sites for hydroxylation is 1. The highest BCUT2D eigenvalue weighted by atomic mass is 32.1. The zero-order valence-electron chi connectivity index (χ0n) is 17.0. The number of carbonyl (C=O) groups excluding carboxylic acids is 3. The van der Waals surface area contributed by atoms with Crippen molar-refractivity contribution in [2.24, 2.45) is 0 Å². The number of anilines is 1. The van der Waals surface area contributed by atoms with Crippen LogP contribution >= 0.6 is 11.3 Å². The Morgan fingerprint density at radius 1 is 1.03 bits per heavy atom. The summed E-state index contributed by atoms with van der Waals surface area (Å²) >= 11 is 1.32. The summed E-state index contributed by atoms with van der Waals surface area (Å²) in [6.07, 6.45) is 1.49. The second-order valence-corrected chi connectivity index (χ2v) is 8.20. The van der Waals surface area contributed by atoms with Gasteiger partial charge in [0.25, 0.3) is 17.7 Å². The highest BCUT2D eigenvalue weighted by Crippen LogP contribution is 2.29. The highest BCUT2D eigenvalue weighted by molar-refractivity contribution is 7.14. The summed E-state index contributed by atoms with van der Waals surface area (Å²) in [4.78, 5) is 43.8. The Hall–Kier alpha value is -4.04. The van der Waals surface area contributed by atoms with Crippen molar-refractivity contribution in [1.29, 1.82) is 0 Å². The van der Waals surface area contributed by atoms with Crippen LogP contribution in [0.25, 0.3) is 11.3 Å². The van der Waals surface area contributed by atoms with E-state index in [-0.39, 0.29) is 23.2 Å². The third-order valence-corrected chi connectivity index (χ3v) is 6.03. The first-order valence-corrected chi connectivity index (χ1v) is 10.7. The number of fused-ring (bicyclic) bond motifs is 1. The van der Waals surface area contributed by atoms with Crippen molar-refractivity contribution in [3.63, 3.8) is 0 Å². The van der Waals surface area contributed by atoms with Gasteiger partial charge in [-0.3, -0.25) is 24.6 Å². The quantitative estimate of drug-likeness (QED) is 0.449. The molecule has 3 amide bonds. The van der Waals surface area contributed by atoms with Gasteiger partial charge in [0.1, 0.15) is 5.76 Å². The van der Waals surface area contributed by atoms with Crippen molar-refractivity contribution in [2.45, 2.75) is 13.5 Å². The minimum Gasteiger partial charge on any atom is -0.467 e. The minimum atomic E-state index is -0.452. The van der Waals surface area contributed by atoms with Crippen molar-refractivity contribution >= 4 is 34.2 Å². The molecule has 0 spiro atoms. The van der Waals surface area contributed by atoms with E-state index in [9.17, 15) is 14.4 Å². The van der Waals surface area contributed by atoms with Crippen LogP contribution in [0.5, 0.6) is 0 Å². The molecule has 2 aromatic heterocycles. The summed E-state index contributed by atoms with van der Waals surface area (Å²) in [7, 11) is 0. The number of furan rings is 1. The molecule has 4 aromatic rings. The third-order valence-electron chi connectivity index (χ3n) is 5.27. The summed E-state index contributed by atoms with van der Waals surface area (Å²) in [5.41, 5.74) is 3.63. The first kappa shape index (κ1) is 19.9. The van der Waals surface area contributed by atoms with E-state index in [1.165, 1.54) is 35.8 Å². The van der Waals surface area contributed by atoms with Crippen LogP contribution in [0.4, 0.5) is 5.13 Å². The molecule has 0 radical (unpaired) electrons. The van der Waals surface area contributed by atoms with E-state index >= 15 is 0 Å². The molecule has 0 bridgehead atoms. The van der Waals surface area contributed by atoms with Gasteiger partial charge in [-0.25, -0.2) is 4.98 Å². The highest BCUT2D eigenvalue weighted by Gasteiger charge is 2.36. The van der Waals surface area contributed by atoms with Crippen molar-refractivity contribution in [2.75, 3.05) is 5.32 Å². The third kappa shape index (κ3) is 3.50. The second kappa shape index (κ2) is 7.90. The number of hydrogen-bond donors (Lipinski definition) is 1. The number of rotatable bonds is 5. The fourth-order valence-electron chi connectivity index (χ4n) is 3.62. The van der Waals surface area contributed by atoms with Crippen LogP contribution in [-0.2, 0) is 6.54 Å². The predicted octanol–water partition coefficient (Wildman–Crippen LogP) is 4.76. The van der Waals surface area contributed by atoms with E-state index in [1.807, 2.05) is 36.6 Å². The molecule has 0 aliphatic carbocycles. The molecule has 8 heteroatoms. The maximum absolute atomic E-state index is 12.8. The monoisotopic (exact) mass is 443 g/mol. The van der Waals surface area contributed by atoms with Crippen molar-refractivity contribution in [3.8, 4) is 11.3 Å². The number of hydrogen-bond acceptors (Lipinski definition) is 6. The number of thiazole rings is 1. The molecule has 2 aromatic carbocycles. The van der Waals surface area contributed by atoms with Gasteiger partial charge in [0, 0.05) is 16.5 Å². The van der Waals surface area contributed by atoms with E-state index in [2.05, 4.69) is 10.3 Å². The van der Waals surface area contributed by atoms with E-state index in [4.69, 9.17) is 4.42 Å². The van der Waals surface area contributed by atoms with Crippen LogP contribution in [0.3, 0.4) is 0 Å². The van der Waals surface area contributed by atoms with E-state index in [1.54, 1.807) is 12.1 Å². The summed E-state index contributed by atoms with van der Waals surface area (Å²) < 4.78 is 5.24. The minimum absolute atomic E-state index is 0.0433. The number of amides is 3. The molecule has 32 heavy (non-hydrogen) atoms. The van der Waals surface area contributed by atoms with Gasteiger partial charge in [0.2, 0.25) is 0 Å². The molecule has 1 N–H and O–H groups in total. The molecule has 0 fully saturated rings. The van der Waals surface area contributed by atoms with Crippen LogP contribution < -0.4 is 5.32 Å². The maximum Gasteiger partial charge on any atom is 0.261 e. The molecule has 0 saturated carbocycles. The first-order chi connectivity index (χ1) is 15.5. The molecule has 0 atom stereocenters. The van der Waals surface area contributed by atoms with Crippen molar-refractivity contribution in [3.05, 3.63) is 94.3 Å². The lowest BCUT2D eigenvalue weighted by molar-refractivity contribution is 0.0631. The Kier molecular flexibility index (Phi) is 4.91. The van der Waals surface area contributed by atoms with Gasteiger partial charge < -0.3 is 4.42 Å². The summed E-state index contributed by atoms with van der Waals surface area (Å²) in [6.45, 7) is 2.05. The van der Waals surface area contributed by atoms with Gasteiger partial charge in [0.15, 0.2) is 5.13 Å². The van der Waals surface area contributed by atoms with Gasteiger partial charge >= 0.3 is 0 Å². The fourth-order valence-corrected chi connectivity index (χ4v) is 4.32. The number of aromatic nitrogens is 1. The lowest BCUT2D eigenvalue weighted by Crippen LogP contribution is -2.28. The Morgan fingerprint density at radius 3 is 2.62 bits per heavy atom. The largest absolute Gasteiger partial charge is 0.467 e. The van der Waals surface area contributed by atoms with E-state index in [0.717, 1.165) is 21.7 Å². The number of carbonyl (C=O) groups is 3. The van der Waals surface area contributed by atoms with Crippen molar-refractivity contribution < 1.29 is 18.8 Å². The van der Waals surface area contributed by atoms with Crippen LogP contribution in [0.2, 0.25) is 0 Å². The van der Waals surface area contributed by atoms with Gasteiger partial charge in [0.05, 0.1) is 29.6 Å². The zero-order valence-corrected chi connectivity index (χ0v) is 17.8. The molecule has 5 rings (SSSR count). The number of benzene rings is 2. The lowest BCUT2D eigenvalue weighted by atomic mass is 10.1. The predicted molar refractivity (Wildman–Crippen MR) is 120 cm³/mol. The molecular formula is C24H17N3O4S. The Labute approximate surface area is 187 Å². The molecular weight excluding hydrogens is 426 g/mol. The van der Waals surface area contributed by atoms with Crippen LogP contribution in [0, 0.1) is 6.92 Å². The topological polar surface area (TPSA) is 92.5 Å². The number of nitrogens with one attached hydrogen (secondary N) is 1. The second-order valence-electron chi connectivity index (χ2n) is 7.34. The van der Waals surface area contributed by atoms with Gasteiger partial charge in [-0.15, -0.1) is 11.3 Å². The van der Waals surface area contributed by atoms with Crippen LogP contribution in [0.1, 0.15) is 42.4 Å². The molecule has 1 aliphatic heterocycles. The Bertz CT molecular complexity index is 1360. The van der Waals surface area contributed by atoms with Crippen molar-refractivity contribution in [1.82, 2.24) is 9.88 Å². The Morgan fingerprint density at radius 2 is 1.84 bits per heavy atom. The van der Waals surface area contributed by atoms with Crippen LogP contribution in [0.15, 0.2) is 70.7 Å². The number of nitrogens with zero attached hydrogens (tertiary/aromatic N) is 2. The molecule has 7 nitrogen and oxygen atoms in total. The summed E-state index contributed by atoms with van der Waals surface area (Å²) in [5.74, 6) is -0.753. The smallest absolute Gasteiger partial charge is 0.261 e. The molecule has 0 unspecified atom stereocenters. The average Bonchev–Trinajstić information content (AvgIpc) is 3.52. The standard InChI is InChI=1S/C24H17N3O4S/c1-14-5-2-3-7-17(14)20-13-32-24(25-20)26-21(28)15-8-9-18-19(11-15)23(30)27(22(18)29)12-16-6-4-10-31-16/h2-11,13H,12H2,1H3,(H,25,26,28). The SMILES string of the molecule is Cc1ccccc1-c1csc(NC(=O)c2ccc3c(c2)C(=O)N(Cc2ccco2)C3=O)n1. The van der Waals surface area contributed by atoms with Crippen LogP contribution in [-0.4, -0.2) is 27.6 Å². The normalized spacial score (nSPS) is 12.8. The van der Waals surface area contributed by atoms with Gasteiger partial charge in [-0.1, -0.05) is 24.3 Å². The van der Waals surface area contributed by atoms with E-state index < -0.39 is 17.7 Å². The molecule has 0 saturated heterocycles.